The first-order valence-corrected chi connectivity index (χ1v) is 8.81. The van der Waals surface area contributed by atoms with Crippen LogP contribution in [0.3, 0.4) is 0 Å². The summed E-state index contributed by atoms with van der Waals surface area (Å²) in [7, 11) is 0. The molecule has 2 aromatic carbocycles. The Morgan fingerprint density at radius 2 is 1.46 bits per heavy atom. The monoisotopic (exact) mass is 379 g/mol. The van der Waals surface area contributed by atoms with Gasteiger partial charge < -0.3 is 10.5 Å². The average molecular weight is 379 g/mol. The fourth-order valence-corrected chi connectivity index (χ4v) is 3.50. The molecule has 3 amide bonds. The minimum Gasteiger partial charge on any atom is -0.410 e. The van der Waals surface area contributed by atoms with Gasteiger partial charge in [0.05, 0.1) is 5.69 Å². The molecule has 2 N–H and O–H groups in total. The number of nitrogens with one attached hydrogen (secondary N) is 1. The number of imide groups is 1. The van der Waals surface area contributed by atoms with Crippen molar-refractivity contribution >= 4 is 34.8 Å². The average Bonchev–Trinajstić information content (AvgIpc) is 2.89. The quantitative estimate of drug-likeness (QED) is 0.371. The summed E-state index contributed by atoms with van der Waals surface area (Å²) in [6.45, 7) is 7.19. The van der Waals surface area contributed by atoms with Gasteiger partial charge in [0.1, 0.15) is 0 Å². The summed E-state index contributed by atoms with van der Waals surface area (Å²) in [5, 5.41) is 15.1. The van der Waals surface area contributed by atoms with Crippen LogP contribution < -0.4 is 10.2 Å². The number of carbonyl (C=O) groups is 3. The summed E-state index contributed by atoms with van der Waals surface area (Å²) in [6, 6.07) is 10.9. The van der Waals surface area contributed by atoms with Gasteiger partial charge in [-0.25, -0.2) is 4.90 Å². The van der Waals surface area contributed by atoms with Crippen molar-refractivity contribution in [1.29, 1.82) is 0 Å². The molecule has 0 unspecified atom stereocenters. The van der Waals surface area contributed by atoms with Crippen LogP contribution in [0.25, 0.3) is 0 Å². The lowest BCUT2D eigenvalue weighted by molar-refractivity contribution is -0.127. The summed E-state index contributed by atoms with van der Waals surface area (Å²) >= 11 is 0. The summed E-state index contributed by atoms with van der Waals surface area (Å²) in [4.78, 5) is 39.6. The first-order chi connectivity index (χ1) is 13.3. The maximum absolute atomic E-state index is 13.0. The topological polar surface area (TPSA) is 99.1 Å². The number of para-hydroxylation sites is 2. The highest BCUT2D eigenvalue weighted by Gasteiger charge is 2.51. The van der Waals surface area contributed by atoms with Crippen LogP contribution in [0.15, 0.2) is 41.6 Å². The number of aryl methyl sites for hydroxylation is 4. The minimum absolute atomic E-state index is 0.404. The van der Waals surface area contributed by atoms with Crippen LogP contribution in [-0.4, -0.2) is 28.6 Å². The molecular formula is C21H21N3O4. The molecule has 1 saturated heterocycles. The van der Waals surface area contributed by atoms with Crippen LogP contribution in [0.2, 0.25) is 0 Å². The molecule has 1 atom stereocenters. The Hall–Kier alpha value is -3.48. The van der Waals surface area contributed by atoms with E-state index in [1.807, 2.05) is 38.1 Å². The fourth-order valence-electron chi connectivity index (χ4n) is 3.50. The lowest BCUT2D eigenvalue weighted by Gasteiger charge is -2.19. The number of nitrogens with zero attached hydrogens (tertiary/aromatic N) is 2. The van der Waals surface area contributed by atoms with E-state index in [1.165, 1.54) is 0 Å². The van der Waals surface area contributed by atoms with Gasteiger partial charge in [-0.2, -0.15) is 0 Å². The maximum atomic E-state index is 13.0. The molecule has 0 radical (unpaired) electrons. The molecule has 2 aromatic rings. The Kier molecular flexibility index (Phi) is 5.00. The van der Waals surface area contributed by atoms with Crippen molar-refractivity contribution in [3.05, 3.63) is 58.7 Å². The second-order valence-electron chi connectivity index (χ2n) is 6.89. The highest BCUT2D eigenvalue weighted by molar-refractivity contribution is 6.61. The number of amides is 3. The van der Waals surface area contributed by atoms with E-state index in [0.717, 1.165) is 16.0 Å². The predicted molar refractivity (Wildman–Crippen MR) is 106 cm³/mol. The molecule has 0 aromatic heterocycles. The third-order valence-electron chi connectivity index (χ3n) is 4.93. The first kappa shape index (κ1) is 19.3. The Bertz CT molecular complexity index is 986. The molecule has 0 bridgehead atoms. The molecule has 0 aliphatic carbocycles. The van der Waals surface area contributed by atoms with Gasteiger partial charge in [-0.3, -0.25) is 14.4 Å². The molecule has 1 heterocycles. The van der Waals surface area contributed by atoms with Gasteiger partial charge in [0.25, 0.3) is 11.8 Å². The number of oxime groups is 1. The zero-order chi connectivity index (χ0) is 20.6. The first-order valence-electron chi connectivity index (χ1n) is 8.81. The van der Waals surface area contributed by atoms with Gasteiger partial charge >= 0.3 is 0 Å². The van der Waals surface area contributed by atoms with Crippen molar-refractivity contribution in [2.75, 3.05) is 10.2 Å². The predicted octanol–water partition coefficient (Wildman–Crippen LogP) is 2.88. The zero-order valence-electron chi connectivity index (χ0n) is 16.1. The molecule has 1 fully saturated rings. The standard InChI is InChI=1S/C21H21N3O4/c1-11-7-5-8-12(2)16(11)22-19(25)15-17(23-28)21(27)24(20(15)26)18-13(3)9-6-10-14(18)4/h5-10,15,28H,1-4H3,(H,22,25)/b23-17+/t15-/m1/s1. The van der Waals surface area contributed by atoms with Crippen LogP contribution in [0, 0.1) is 33.6 Å². The SMILES string of the molecule is Cc1cccc(C)c1NC(=O)[C@@H]1C(=O)N(c2c(C)cccc2C)C(=O)/C1=N/O. The summed E-state index contributed by atoms with van der Waals surface area (Å²) in [5.74, 6) is -3.77. The lowest BCUT2D eigenvalue weighted by Crippen LogP contribution is -2.35. The summed E-state index contributed by atoms with van der Waals surface area (Å²) in [5.41, 5.74) is 3.52. The van der Waals surface area contributed by atoms with E-state index in [9.17, 15) is 19.6 Å². The Labute approximate surface area is 162 Å². The maximum Gasteiger partial charge on any atom is 0.284 e. The van der Waals surface area contributed by atoms with Gasteiger partial charge in [0.15, 0.2) is 11.6 Å². The Morgan fingerprint density at radius 1 is 0.964 bits per heavy atom. The largest absolute Gasteiger partial charge is 0.410 e. The molecule has 144 valence electrons. The van der Waals surface area contributed by atoms with E-state index in [1.54, 1.807) is 26.0 Å². The number of hydrogen-bond acceptors (Lipinski definition) is 5. The number of rotatable bonds is 3. The molecule has 7 heteroatoms. The van der Waals surface area contributed by atoms with Crippen LogP contribution in [0.5, 0.6) is 0 Å². The number of anilines is 2. The van der Waals surface area contributed by atoms with E-state index in [4.69, 9.17) is 0 Å². The smallest absolute Gasteiger partial charge is 0.284 e. The molecule has 1 aliphatic heterocycles. The van der Waals surface area contributed by atoms with Crippen molar-refractivity contribution in [1.82, 2.24) is 0 Å². The molecule has 3 rings (SSSR count). The molecule has 7 nitrogen and oxygen atoms in total. The molecular weight excluding hydrogens is 358 g/mol. The van der Waals surface area contributed by atoms with E-state index in [2.05, 4.69) is 10.5 Å². The number of hydrogen-bond donors (Lipinski definition) is 2. The second-order valence-corrected chi connectivity index (χ2v) is 6.89. The van der Waals surface area contributed by atoms with Crippen molar-refractivity contribution < 1.29 is 19.6 Å². The minimum atomic E-state index is -1.52. The van der Waals surface area contributed by atoms with Gasteiger partial charge in [-0.1, -0.05) is 41.6 Å². The molecule has 1 aliphatic rings. The highest BCUT2D eigenvalue weighted by Crippen LogP contribution is 2.32. The fraction of sp³-hybridized carbons (Fsp3) is 0.238. The van der Waals surface area contributed by atoms with Crippen LogP contribution >= 0.6 is 0 Å². The molecule has 0 saturated carbocycles. The second kappa shape index (κ2) is 7.26. The van der Waals surface area contributed by atoms with E-state index < -0.39 is 29.4 Å². The van der Waals surface area contributed by atoms with E-state index >= 15 is 0 Å². The lowest BCUT2D eigenvalue weighted by atomic mass is 10.0. The van der Waals surface area contributed by atoms with Crippen molar-refractivity contribution in [3.8, 4) is 0 Å². The van der Waals surface area contributed by atoms with Crippen molar-refractivity contribution in [2.24, 2.45) is 11.1 Å². The zero-order valence-corrected chi connectivity index (χ0v) is 16.1. The van der Waals surface area contributed by atoms with Gasteiger partial charge in [-0.05, 0) is 49.9 Å². The van der Waals surface area contributed by atoms with E-state index in [-0.39, 0.29) is 0 Å². The normalized spacial score (nSPS) is 18.1. The van der Waals surface area contributed by atoms with E-state index in [0.29, 0.717) is 22.5 Å². The van der Waals surface area contributed by atoms with Crippen molar-refractivity contribution in [3.63, 3.8) is 0 Å². The molecule has 0 spiro atoms. The van der Waals surface area contributed by atoms with Gasteiger partial charge in [-0.15, -0.1) is 0 Å². The Balaban J connectivity index is 2.01. The summed E-state index contributed by atoms with van der Waals surface area (Å²) < 4.78 is 0. The summed E-state index contributed by atoms with van der Waals surface area (Å²) in [6.07, 6.45) is 0. The van der Waals surface area contributed by atoms with Crippen LogP contribution in [-0.2, 0) is 14.4 Å². The number of benzene rings is 2. The van der Waals surface area contributed by atoms with Gasteiger partial charge in [0.2, 0.25) is 5.91 Å². The highest BCUT2D eigenvalue weighted by atomic mass is 16.4. The third kappa shape index (κ3) is 3.05. The van der Waals surface area contributed by atoms with Crippen molar-refractivity contribution in [2.45, 2.75) is 27.7 Å². The third-order valence-corrected chi connectivity index (χ3v) is 4.93. The number of carbonyl (C=O) groups excluding carboxylic acids is 3. The van der Waals surface area contributed by atoms with Crippen LogP contribution in [0.1, 0.15) is 22.3 Å². The van der Waals surface area contributed by atoms with Crippen LogP contribution in [0.4, 0.5) is 11.4 Å². The van der Waals surface area contributed by atoms with Gasteiger partial charge in [0, 0.05) is 5.69 Å². The Morgan fingerprint density at radius 3 is 1.96 bits per heavy atom. The molecule has 28 heavy (non-hydrogen) atoms.